The van der Waals surface area contributed by atoms with E-state index < -0.39 is 0 Å². The number of carbonyl (C=O) groups is 1. The second-order valence-electron chi connectivity index (χ2n) is 6.83. The number of piperazine rings is 1. The molecule has 25 heavy (non-hydrogen) atoms. The molecule has 7 heteroatoms. The number of likely N-dealkylation sites (tertiary alicyclic amines) is 1. The topological polar surface area (TPSA) is 51.7 Å². The zero-order valence-corrected chi connectivity index (χ0v) is 16.1. The Morgan fingerprint density at radius 1 is 1.36 bits per heavy atom. The van der Waals surface area contributed by atoms with E-state index in [0.29, 0.717) is 12.6 Å². The maximum atomic E-state index is 12.1. The molecule has 0 radical (unpaired) electrons. The summed E-state index contributed by atoms with van der Waals surface area (Å²) in [5.41, 5.74) is 1.25. The van der Waals surface area contributed by atoms with Crippen LogP contribution in [0.3, 0.4) is 0 Å². The zero-order valence-electron chi connectivity index (χ0n) is 15.3. The van der Waals surface area contributed by atoms with Crippen LogP contribution in [0.5, 0.6) is 0 Å². The van der Waals surface area contributed by atoms with Crippen LogP contribution in [0, 0.1) is 0 Å². The molecule has 1 aromatic heterocycles. The average molecular weight is 368 g/mol. The van der Waals surface area contributed by atoms with Gasteiger partial charge in [0.2, 0.25) is 5.91 Å². The van der Waals surface area contributed by atoms with E-state index in [-0.39, 0.29) is 18.3 Å². The van der Waals surface area contributed by atoms with Gasteiger partial charge in [0.15, 0.2) is 0 Å². The van der Waals surface area contributed by atoms with Gasteiger partial charge in [-0.25, -0.2) is 4.98 Å². The van der Waals surface area contributed by atoms with Crippen molar-refractivity contribution in [3.8, 4) is 0 Å². The third-order valence-electron chi connectivity index (χ3n) is 5.13. The Balaban J connectivity index is 0.00000225. The third kappa shape index (κ3) is 5.06. The Labute approximate surface area is 157 Å². The Morgan fingerprint density at radius 2 is 2.20 bits per heavy atom. The van der Waals surface area contributed by atoms with Crippen molar-refractivity contribution in [1.29, 1.82) is 0 Å². The number of rotatable bonds is 5. The minimum Gasteiger partial charge on any atom is -0.360 e. The fraction of sp³-hybridized carbons (Fsp3) is 0.667. The van der Waals surface area contributed by atoms with Gasteiger partial charge in [-0.1, -0.05) is 6.07 Å². The summed E-state index contributed by atoms with van der Waals surface area (Å²) >= 11 is 0. The van der Waals surface area contributed by atoms with Crippen molar-refractivity contribution in [2.45, 2.75) is 32.4 Å². The van der Waals surface area contributed by atoms with Crippen LogP contribution in [0.2, 0.25) is 0 Å². The molecule has 0 aromatic carbocycles. The van der Waals surface area contributed by atoms with Crippen molar-refractivity contribution in [3.63, 3.8) is 0 Å². The molecule has 2 aliphatic rings. The zero-order chi connectivity index (χ0) is 16.9. The molecule has 2 aliphatic heterocycles. The standard InChI is InChI=1S/C18H29N5O.ClH/c1-3-21(2)17-7-6-15(11-20-17)13-22-9-4-5-16(14-22)23-10-8-19-12-18(23)24;/h6-7,11,16,19H,3-5,8-10,12-14H2,1-2H3;1H. The first kappa shape index (κ1) is 19.9. The van der Waals surface area contributed by atoms with E-state index in [1.807, 2.05) is 6.20 Å². The summed E-state index contributed by atoms with van der Waals surface area (Å²) in [4.78, 5) is 23.4. The van der Waals surface area contributed by atoms with E-state index in [1.54, 1.807) is 0 Å². The molecule has 1 N–H and O–H groups in total. The molecule has 0 spiro atoms. The van der Waals surface area contributed by atoms with Gasteiger partial charge in [0.25, 0.3) is 0 Å². The van der Waals surface area contributed by atoms with Crippen LogP contribution in [0.1, 0.15) is 25.3 Å². The summed E-state index contributed by atoms with van der Waals surface area (Å²) in [6.07, 6.45) is 4.27. The van der Waals surface area contributed by atoms with Gasteiger partial charge < -0.3 is 15.1 Å². The van der Waals surface area contributed by atoms with E-state index in [0.717, 1.165) is 57.9 Å². The van der Waals surface area contributed by atoms with Gasteiger partial charge in [0, 0.05) is 52.0 Å². The summed E-state index contributed by atoms with van der Waals surface area (Å²) in [5.74, 6) is 1.27. The Bertz CT molecular complexity index is 553. The van der Waals surface area contributed by atoms with Crippen LogP contribution in [0.4, 0.5) is 5.82 Å². The van der Waals surface area contributed by atoms with E-state index in [1.165, 1.54) is 5.56 Å². The summed E-state index contributed by atoms with van der Waals surface area (Å²) < 4.78 is 0. The van der Waals surface area contributed by atoms with E-state index >= 15 is 0 Å². The smallest absolute Gasteiger partial charge is 0.236 e. The van der Waals surface area contributed by atoms with Crippen LogP contribution in [0.15, 0.2) is 18.3 Å². The van der Waals surface area contributed by atoms with Crippen molar-refractivity contribution in [2.24, 2.45) is 0 Å². The molecule has 3 rings (SSSR count). The first-order valence-electron chi connectivity index (χ1n) is 9.06. The first-order valence-corrected chi connectivity index (χ1v) is 9.06. The summed E-state index contributed by atoms with van der Waals surface area (Å²) in [6, 6.07) is 4.64. The summed E-state index contributed by atoms with van der Waals surface area (Å²) in [7, 11) is 2.06. The van der Waals surface area contributed by atoms with Crippen molar-refractivity contribution < 1.29 is 4.79 Å². The van der Waals surface area contributed by atoms with E-state index in [4.69, 9.17) is 0 Å². The largest absolute Gasteiger partial charge is 0.360 e. The first-order chi connectivity index (χ1) is 11.7. The van der Waals surface area contributed by atoms with Crippen LogP contribution in [0.25, 0.3) is 0 Å². The Morgan fingerprint density at radius 3 is 2.88 bits per heavy atom. The van der Waals surface area contributed by atoms with Crippen LogP contribution in [-0.2, 0) is 11.3 Å². The van der Waals surface area contributed by atoms with Gasteiger partial charge in [0.1, 0.15) is 5.82 Å². The van der Waals surface area contributed by atoms with Crippen LogP contribution < -0.4 is 10.2 Å². The van der Waals surface area contributed by atoms with E-state index in [9.17, 15) is 4.79 Å². The molecule has 0 saturated carbocycles. The molecule has 1 atom stereocenters. The third-order valence-corrected chi connectivity index (χ3v) is 5.13. The second-order valence-corrected chi connectivity index (χ2v) is 6.83. The molecule has 1 unspecified atom stereocenters. The highest BCUT2D eigenvalue weighted by Crippen LogP contribution is 2.19. The molecule has 6 nitrogen and oxygen atoms in total. The molecule has 3 heterocycles. The lowest BCUT2D eigenvalue weighted by Gasteiger charge is -2.41. The second kappa shape index (κ2) is 9.36. The molecule has 1 aromatic rings. The fourth-order valence-corrected chi connectivity index (χ4v) is 3.59. The van der Waals surface area contributed by atoms with Gasteiger partial charge in [-0.15, -0.1) is 12.4 Å². The minimum atomic E-state index is 0. The normalized spacial score (nSPS) is 21.8. The monoisotopic (exact) mass is 367 g/mol. The van der Waals surface area contributed by atoms with Crippen LogP contribution >= 0.6 is 12.4 Å². The Hall–Kier alpha value is -1.37. The maximum absolute atomic E-state index is 12.1. The fourth-order valence-electron chi connectivity index (χ4n) is 3.59. The number of aromatic nitrogens is 1. The predicted octanol–water partition coefficient (Wildman–Crippen LogP) is 1.36. The summed E-state index contributed by atoms with van der Waals surface area (Å²) in [5, 5.41) is 3.16. The number of hydrogen-bond donors (Lipinski definition) is 1. The van der Waals surface area contributed by atoms with Gasteiger partial charge >= 0.3 is 0 Å². The van der Waals surface area contributed by atoms with Crippen molar-refractivity contribution in [3.05, 3.63) is 23.9 Å². The molecular formula is C18H30ClN5O. The van der Waals surface area contributed by atoms with Gasteiger partial charge in [-0.2, -0.15) is 0 Å². The number of anilines is 1. The number of pyridine rings is 1. The maximum Gasteiger partial charge on any atom is 0.236 e. The molecule has 2 saturated heterocycles. The lowest BCUT2D eigenvalue weighted by molar-refractivity contribution is -0.135. The number of hydrogen-bond acceptors (Lipinski definition) is 5. The molecule has 140 valence electrons. The number of carbonyl (C=O) groups excluding carboxylic acids is 1. The molecule has 1 amide bonds. The lowest BCUT2D eigenvalue weighted by Crippen LogP contribution is -2.56. The molecule has 0 bridgehead atoms. The van der Waals surface area contributed by atoms with Gasteiger partial charge in [0.05, 0.1) is 6.54 Å². The number of nitrogens with one attached hydrogen (secondary N) is 1. The highest BCUT2D eigenvalue weighted by Gasteiger charge is 2.29. The number of halogens is 1. The number of nitrogens with zero attached hydrogens (tertiary/aromatic N) is 4. The summed E-state index contributed by atoms with van der Waals surface area (Å²) in [6.45, 7) is 8.33. The SMILES string of the molecule is CCN(C)c1ccc(CN2CCCC(N3CCNCC3=O)C2)cn1.Cl. The highest BCUT2D eigenvalue weighted by atomic mass is 35.5. The average Bonchev–Trinajstić information content (AvgIpc) is 2.62. The van der Waals surface area contributed by atoms with E-state index in [2.05, 4.69) is 51.1 Å². The molecule has 2 fully saturated rings. The Kier molecular flexibility index (Phi) is 7.47. The lowest BCUT2D eigenvalue weighted by atomic mass is 10.0. The highest BCUT2D eigenvalue weighted by molar-refractivity contribution is 5.85. The molecule has 0 aliphatic carbocycles. The van der Waals surface area contributed by atoms with Gasteiger partial charge in [-0.05, 0) is 37.9 Å². The van der Waals surface area contributed by atoms with Crippen molar-refractivity contribution >= 4 is 24.1 Å². The number of piperidine rings is 1. The van der Waals surface area contributed by atoms with Crippen LogP contribution in [-0.4, -0.2) is 73.0 Å². The quantitative estimate of drug-likeness (QED) is 0.851. The van der Waals surface area contributed by atoms with Crippen molar-refractivity contribution in [1.82, 2.24) is 20.1 Å². The van der Waals surface area contributed by atoms with Crippen molar-refractivity contribution in [2.75, 3.05) is 51.2 Å². The number of amides is 1. The predicted molar refractivity (Wildman–Crippen MR) is 103 cm³/mol. The molecular weight excluding hydrogens is 338 g/mol. The van der Waals surface area contributed by atoms with Gasteiger partial charge in [-0.3, -0.25) is 9.69 Å². The minimum absolute atomic E-state index is 0.